The van der Waals surface area contributed by atoms with Crippen molar-refractivity contribution in [1.82, 2.24) is 0 Å². The quantitative estimate of drug-likeness (QED) is 0.361. The van der Waals surface area contributed by atoms with Crippen molar-refractivity contribution < 1.29 is 29.5 Å². The van der Waals surface area contributed by atoms with Gasteiger partial charge >= 0.3 is 19.1 Å². The number of nitrogens with zero attached hydrogens (tertiary/aromatic N) is 1. The molecule has 0 radical (unpaired) electrons. The Labute approximate surface area is 148 Å². The fourth-order valence-corrected chi connectivity index (χ4v) is 2.83. The number of amidine groups is 1. The lowest BCUT2D eigenvalue weighted by atomic mass is 9.72. The molecule has 0 unspecified atom stereocenters. The van der Waals surface area contributed by atoms with Crippen LogP contribution in [0.3, 0.4) is 0 Å². The highest BCUT2D eigenvalue weighted by atomic mass is 16.5. The molecule has 0 spiro atoms. The molecule has 0 aromatic heterocycles. The molecule has 1 aliphatic heterocycles. The maximum Gasteiger partial charge on any atom is 0.549 e. The van der Waals surface area contributed by atoms with Gasteiger partial charge in [-0.3, -0.25) is 4.99 Å². The number of carboxylic acid groups (broad SMARTS) is 2. The molecule has 0 saturated heterocycles. The second kappa shape index (κ2) is 6.89. The first kappa shape index (κ1) is 17.5. The van der Waals surface area contributed by atoms with Crippen LogP contribution in [0.4, 0.5) is 0 Å². The first-order chi connectivity index (χ1) is 12.4. The Morgan fingerprint density at radius 3 is 2.31 bits per heavy atom. The van der Waals surface area contributed by atoms with E-state index < -0.39 is 25.0 Å². The monoisotopic (exact) mass is 354 g/mol. The van der Waals surface area contributed by atoms with Crippen LogP contribution in [0.1, 0.15) is 31.8 Å². The molecule has 1 atom stereocenters. The zero-order chi connectivity index (χ0) is 18.8. The number of benzene rings is 2. The number of rotatable bonds is 4. The van der Waals surface area contributed by atoms with E-state index in [-0.39, 0.29) is 34.7 Å². The first-order valence-corrected chi connectivity index (χ1v) is 7.74. The van der Waals surface area contributed by atoms with Crippen LogP contribution >= 0.6 is 0 Å². The molecule has 9 heteroatoms. The van der Waals surface area contributed by atoms with Gasteiger partial charge in [0.05, 0.1) is 11.1 Å². The lowest BCUT2D eigenvalue weighted by molar-refractivity contribution is 0.0684. The number of hydrogen-bond donors (Lipinski definition) is 4. The minimum absolute atomic E-state index is 0.00599. The summed E-state index contributed by atoms with van der Waals surface area (Å²) in [4.78, 5) is 26.8. The molecule has 3 rings (SSSR count). The predicted molar refractivity (Wildman–Crippen MR) is 93.6 cm³/mol. The number of para-hydroxylation sites is 1. The van der Waals surface area contributed by atoms with Crippen molar-refractivity contribution in [3.63, 3.8) is 0 Å². The van der Waals surface area contributed by atoms with E-state index in [1.54, 1.807) is 24.3 Å². The highest BCUT2D eigenvalue weighted by Gasteiger charge is 2.37. The minimum Gasteiger partial charge on any atom is -0.534 e. The van der Waals surface area contributed by atoms with Crippen molar-refractivity contribution >= 4 is 24.9 Å². The van der Waals surface area contributed by atoms with E-state index >= 15 is 0 Å². The number of aromatic carboxylic acids is 2. The normalized spacial score (nSPS) is 16.6. The van der Waals surface area contributed by atoms with Gasteiger partial charge in [-0.1, -0.05) is 30.3 Å². The van der Waals surface area contributed by atoms with Gasteiger partial charge in [-0.15, -0.1) is 0 Å². The van der Waals surface area contributed by atoms with Crippen LogP contribution in [0.15, 0.2) is 47.5 Å². The summed E-state index contributed by atoms with van der Waals surface area (Å²) in [5, 5.41) is 28.7. The van der Waals surface area contributed by atoms with Crippen molar-refractivity contribution in [2.75, 3.05) is 0 Å². The number of aliphatic imine (C=N–C) groups is 1. The van der Waals surface area contributed by atoms with Gasteiger partial charge in [-0.05, 0) is 24.1 Å². The number of hydrogen-bond acceptors (Lipinski definition) is 5. The van der Waals surface area contributed by atoms with E-state index in [1.807, 2.05) is 0 Å². The standard InChI is InChI=1S/C17H15BN2O6/c19-15(10-5-1-2-6-11(10)16(21)22)20-13-8-9-4-3-7-12(17(23)24)14(9)26-18(13)25/h1-7,13,25H,8H2,(H2,19,20)(H,21,22)(H,23,24)/t13-/m0/s1. The zero-order valence-electron chi connectivity index (χ0n) is 13.5. The Morgan fingerprint density at radius 1 is 1.04 bits per heavy atom. The molecule has 26 heavy (non-hydrogen) atoms. The molecule has 0 bridgehead atoms. The molecule has 5 N–H and O–H groups in total. The van der Waals surface area contributed by atoms with Gasteiger partial charge in [-0.2, -0.15) is 0 Å². The van der Waals surface area contributed by atoms with Gasteiger partial charge in [0.1, 0.15) is 17.5 Å². The molecule has 0 fully saturated rings. The van der Waals surface area contributed by atoms with Crippen LogP contribution in [0.2, 0.25) is 0 Å². The minimum atomic E-state index is -1.40. The lowest BCUT2D eigenvalue weighted by Crippen LogP contribution is -2.43. The Bertz CT molecular complexity index is 914. The zero-order valence-corrected chi connectivity index (χ0v) is 13.5. The van der Waals surface area contributed by atoms with E-state index in [4.69, 9.17) is 10.4 Å². The van der Waals surface area contributed by atoms with Crippen molar-refractivity contribution in [2.45, 2.75) is 12.4 Å². The van der Waals surface area contributed by atoms with Crippen LogP contribution in [-0.4, -0.2) is 46.1 Å². The number of fused-ring (bicyclic) bond motifs is 1. The third-order valence-electron chi connectivity index (χ3n) is 4.06. The highest BCUT2D eigenvalue weighted by molar-refractivity contribution is 6.47. The molecule has 2 aromatic rings. The molecule has 0 saturated carbocycles. The summed E-state index contributed by atoms with van der Waals surface area (Å²) in [6.07, 6.45) is 0.202. The Morgan fingerprint density at radius 2 is 1.65 bits per heavy atom. The fraction of sp³-hybridized carbons (Fsp3) is 0.118. The Hall–Kier alpha value is -3.33. The van der Waals surface area contributed by atoms with Gasteiger partial charge in [0.25, 0.3) is 0 Å². The van der Waals surface area contributed by atoms with Crippen LogP contribution in [0, 0.1) is 0 Å². The van der Waals surface area contributed by atoms with Gasteiger partial charge in [0, 0.05) is 5.56 Å². The summed E-state index contributed by atoms with van der Waals surface area (Å²) in [7, 11) is -1.40. The molecule has 1 heterocycles. The predicted octanol–water partition coefficient (Wildman–Crippen LogP) is 0.812. The summed E-state index contributed by atoms with van der Waals surface area (Å²) in [6.45, 7) is 0. The molecule has 8 nitrogen and oxygen atoms in total. The Kier molecular flexibility index (Phi) is 4.64. The second-order valence-corrected chi connectivity index (χ2v) is 5.74. The first-order valence-electron chi connectivity index (χ1n) is 7.74. The summed E-state index contributed by atoms with van der Waals surface area (Å²) in [5.41, 5.74) is 6.70. The molecule has 132 valence electrons. The van der Waals surface area contributed by atoms with Gasteiger partial charge in [0.15, 0.2) is 0 Å². The second-order valence-electron chi connectivity index (χ2n) is 5.74. The van der Waals surface area contributed by atoms with E-state index in [1.165, 1.54) is 18.2 Å². The van der Waals surface area contributed by atoms with Crippen LogP contribution < -0.4 is 10.4 Å². The highest BCUT2D eigenvalue weighted by Crippen LogP contribution is 2.31. The Balaban J connectivity index is 1.94. The van der Waals surface area contributed by atoms with E-state index in [9.17, 15) is 24.8 Å². The SMILES string of the molecule is N/C(=N\[C@H]1Cc2cccc(C(=O)O)c2OB1O)c1ccccc1C(=O)O. The van der Waals surface area contributed by atoms with E-state index in [0.717, 1.165) is 0 Å². The molecule has 0 aliphatic carbocycles. The number of carbonyl (C=O) groups is 2. The van der Waals surface area contributed by atoms with Gasteiger partial charge in [0.2, 0.25) is 0 Å². The van der Waals surface area contributed by atoms with E-state index in [0.29, 0.717) is 5.56 Å². The summed E-state index contributed by atoms with van der Waals surface area (Å²) >= 11 is 0. The summed E-state index contributed by atoms with van der Waals surface area (Å²) in [5.74, 6) is -3.05. The largest absolute Gasteiger partial charge is 0.549 e. The molecule has 2 aromatic carbocycles. The van der Waals surface area contributed by atoms with Crippen molar-refractivity contribution in [2.24, 2.45) is 10.7 Å². The van der Waals surface area contributed by atoms with Crippen LogP contribution in [0.25, 0.3) is 0 Å². The molecular weight excluding hydrogens is 339 g/mol. The van der Waals surface area contributed by atoms with E-state index in [2.05, 4.69) is 4.99 Å². The smallest absolute Gasteiger partial charge is 0.534 e. The van der Waals surface area contributed by atoms with Crippen LogP contribution in [0.5, 0.6) is 5.75 Å². The van der Waals surface area contributed by atoms with Gasteiger partial charge in [-0.25, -0.2) is 9.59 Å². The van der Waals surface area contributed by atoms with Gasteiger partial charge < -0.3 is 25.6 Å². The fourth-order valence-electron chi connectivity index (χ4n) is 2.83. The van der Waals surface area contributed by atoms with Crippen LogP contribution in [-0.2, 0) is 6.42 Å². The summed E-state index contributed by atoms with van der Waals surface area (Å²) in [6, 6.07) is 10.8. The summed E-state index contributed by atoms with van der Waals surface area (Å²) < 4.78 is 5.35. The van der Waals surface area contributed by atoms with Crippen molar-refractivity contribution in [3.05, 3.63) is 64.7 Å². The molecular formula is C17H15BN2O6. The number of carboxylic acids is 2. The van der Waals surface area contributed by atoms with Crippen molar-refractivity contribution in [1.29, 1.82) is 0 Å². The average Bonchev–Trinajstić information content (AvgIpc) is 2.61. The average molecular weight is 354 g/mol. The topological polar surface area (TPSA) is 142 Å². The number of nitrogens with two attached hydrogens (primary N) is 1. The third-order valence-corrected chi connectivity index (χ3v) is 4.06. The molecule has 0 amide bonds. The third kappa shape index (κ3) is 3.24. The molecule has 1 aliphatic rings. The van der Waals surface area contributed by atoms with Crippen molar-refractivity contribution in [3.8, 4) is 5.75 Å². The maximum absolute atomic E-state index is 11.3. The lowest BCUT2D eigenvalue weighted by Gasteiger charge is -2.26. The maximum atomic E-state index is 11.3.